The Morgan fingerprint density at radius 2 is 2.35 bits per heavy atom. The van der Waals surface area contributed by atoms with Crippen LogP contribution in [0.5, 0.6) is 0 Å². The highest BCUT2D eigenvalue weighted by Gasteiger charge is 2.43. The molecule has 0 radical (unpaired) electrons. The van der Waals surface area contributed by atoms with Gasteiger partial charge in [0.1, 0.15) is 6.61 Å². The molecular weight excluding hydrogens is 273 g/mol. The zero-order valence-corrected chi connectivity index (χ0v) is 11.7. The van der Waals surface area contributed by atoms with Gasteiger partial charge < -0.3 is 19.8 Å². The van der Waals surface area contributed by atoms with Crippen LogP contribution in [-0.4, -0.2) is 33.0 Å². The maximum absolute atomic E-state index is 6.04. The molecule has 0 fully saturated rings. The van der Waals surface area contributed by atoms with Crippen LogP contribution in [-0.2, 0) is 14.0 Å². The maximum atomic E-state index is 6.04. The van der Waals surface area contributed by atoms with Crippen LogP contribution >= 0.6 is 11.3 Å². The number of rotatable bonds is 2. The minimum Gasteiger partial charge on any atom is -0.497 e. The first-order valence-electron chi connectivity index (χ1n) is 6.64. The van der Waals surface area contributed by atoms with Crippen molar-refractivity contribution in [3.63, 3.8) is 0 Å². The number of thiophene rings is 1. The van der Waals surface area contributed by atoms with Crippen LogP contribution < -0.4 is 5.73 Å². The van der Waals surface area contributed by atoms with Crippen LogP contribution in [0.4, 0.5) is 0 Å². The fourth-order valence-electron chi connectivity index (χ4n) is 2.92. The number of nitrogens with two attached hydrogens (primary N) is 1. The smallest absolute Gasteiger partial charge is 0.495 e. The van der Waals surface area contributed by atoms with Gasteiger partial charge in [-0.25, -0.2) is 0 Å². The highest BCUT2D eigenvalue weighted by atomic mass is 32.1. The van der Waals surface area contributed by atoms with E-state index in [2.05, 4.69) is 11.4 Å². The molecule has 1 aromatic heterocycles. The first kappa shape index (κ1) is 12.4. The van der Waals surface area contributed by atoms with Gasteiger partial charge in [-0.2, -0.15) is 0 Å². The molecule has 0 saturated heterocycles. The second-order valence-corrected chi connectivity index (χ2v) is 5.89. The Kier molecular flexibility index (Phi) is 3.04. The lowest BCUT2D eigenvalue weighted by Crippen LogP contribution is -2.38. The molecule has 2 N–H and O–H groups in total. The lowest BCUT2D eigenvalue weighted by atomic mass is 9.68. The second kappa shape index (κ2) is 4.89. The fourth-order valence-corrected chi connectivity index (χ4v) is 3.75. The van der Waals surface area contributed by atoms with Crippen molar-refractivity contribution in [3.05, 3.63) is 51.3 Å². The first-order chi connectivity index (χ1) is 9.88. The molecule has 0 amide bonds. The standard InChI is InChI=1S/C14H14BNO3S/c16-6-11-13(12-2-1-5-20-12)10-3-4-17-7-9-8-18-15(19-11)14(9)10/h1-5,11H,6-8,16H2/t11-/m1/s1. The summed E-state index contributed by atoms with van der Waals surface area (Å²) in [4.78, 5) is 1.19. The minimum atomic E-state index is -0.302. The number of allylic oxidation sites excluding steroid dienone is 3. The van der Waals surface area contributed by atoms with Crippen molar-refractivity contribution >= 4 is 24.0 Å². The first-order valence-corrected chi connectivity index (χ1v) is 7.52. The Labute approximate surface area is 121 Å². The summed E-state index contributed by atoms with van der Waals surface area (Å²) >= 11 is 1.70. The zero-order valence-electron chi connectivity index (χ0n) is 10.9. The molecule has 0 saturated carbocycles. The highest BCUT2D eigenvalue weighted by Crippen LogP contribution is 2.41. The molecule has 3 aliphatic heterocycles. The molecule has 102 valence electrons. The molecule has 4 heterocycles. The zero-order chi connectivity index (χ0) is 13.5. The molecule has 3 aliphatic rings. The van der Waals surface area contributed by atoms with E-state index >= 15 is 0 Å². The lowest BCUT2D eigenvalue weighted by molar-refractivity contribution is 0.189. The molecule has 4 rings (SSSR count). The van der Waals surface area contributed by atoms with Crippen molar-refractivity contribution < 1.29 is 14.0 Å². The molecule has 4 nitrogen and oxygen atoms in total. The molecule has 0 spiro atoms. The summed E-state index contributed by atoms with van der Waals surface area (Å²) in [7, 11) is -0.302. The third-order valence-corrected chi connectivity index (χ3v) is 4.71. The van der Waals surface area contributed by atoms with Crippen molar-refractivity contribution in [1.82, 2.24) is 0 Å². The van der Waals surface area contributed by atoms with Gasteiger partial charge in [0.2, 0.25) is 0 Å². The Morgan fingerprint density at radius 1 is 1.40 bits per heavy atom. The van der Waals surface area contributed by atoms with E-state index in [9.17, 15) is 0 Å². The van der Waals surface area contributed by atoms with Gasteiger partial charge in [-0.3, -0.25) is 0 Å². The van der Waals surface area contributed by atoms with Gasteiger partial charge in [0.25, 0.3) is 0 Å². The molecule has 0 aliphatic carbocycles. The summed E-state index contributed by atoms with van der Waals surface area (Å²) in [5.41, 5.74) is 10.5. The second-order valence-electron chi connectivity index (χ2n) is 4.94. The maximum Gasteiger partial charge on any atom is 0.495 e. The quantitative estimate of drug-likeness (QED) is 0.842. The average molecular weight is 287 g/mol. The number of hydrogen-bond acceptors (Lipinski definition) is 5. The van der Waals surface area contributed by atoms with E-state index in [4.69, 9.17) is 19.8 Å². The third-order valence-electron chi connectivity index (χ3n) is 3.80. The predicted molar refractivity (Wildman–Crippen MR) is 79.0 cm³/mol. The summed E-state index contributed by atoms with van der Waals surface area (Å²) in [6.45, 7) is 1.58. The van der Waals surface area contributed by atoms with E-state index in [1.54, 1.807) is 17.6 Å². The lowest BCUT2D eigenvalue weighted by Gasteiger charge is -2.30. The summed E-state index contributed by atoms with van der Waals surface area (Å²) in [5.74, 6) is 0. The summed E-state index contributed by atoms with van der Waals surface area (Å²) < 4.78 is 17.3. The van der Waals surface area contributed by atoms with Crippen molar-refractivity contribution in [2.45, 2.75) is 6.10 Å². The summed E-state index contributed by atoms with van der Waals surface area (Å²) in [6, 6.07) is 4.15. The van der Waals surface area contributed by atoms with Crippen molar-refractivity contribution in [1.29, 1.82) is 0 Å². The van der Waals surface area contributed by atoms with Crippen LogP contribution in [0.2, 0.25) is 0 Å². The predicted octanol–water partition coefficient (Wildman–Crippen LogP) is 1.76. The minimum absolute atomic E-state index is 0.139. The highest BCUT2D eigenvalue weighted by molar-refractivity contribution is 7.11. The Hall–Kier alpha value is -1.34. The average Bonchev–Trinajstić information content (AvgIpc) is 3.07. The van der Waals surface area contributed by atoms with Crippen LogP contribution in [0.3, 0.4) is 0 Å². The molecule has 1 atom stereocenters. The van der Waals surface area contributed by atoms with Crippen LogP contribution in [0.25, 0.3) is 5.57 Å². The monoisotopic (exact) mass is 287 g/mol. The van der Waals surface area contributed by atoms with Gasteiger partial charge in [0.05, 0.1) is 19.0 Å². The van der Waals surface area contributed by atoms with E-state index in [1.165, 1.54) is 10.5 Å². The van der Waals surface area contributed by atoms with Crippen LogP contribution in [0.1, 0.15) is 4.88 Å². The Balaban J connectivity index is 1.95. The molecule has 0 bridgehead atoms. The molecular formula is C14H14BNO3S. The normalized spacial score (nSPS) is 24.9. The van der Waals surface area contributed by atoms with Crippen LogP contribution in [0, 0.1) is 0 Å². The molecule has 6 heteroatoms. The molecule has 0 aromatic carbocycles. The SMILES string of the molecule is NC[C@H]1OB2OCC3=C2C(=C1c1cccs1)C=COC3. The van der Waals surface area contributed by atoms with E-state index in [-0.39, 0.29) is 13.2 Å². The topological polar surface area (TPSA) is 53.7 Å². The van der Waals surface area contributed by atoms with Crippen molar-refractivity contribution in [2.24, 2.45) is 5.73 Å². The number of ether oxygens (including phenoxy) is 1. The Morgan fingerprint density at radius 3 is 3.15 bits per heavy atom. The van der Waals surface area contributed by atoms with E-state index in [1.807, 2.05) is 12.1 Å². The van der Waals surface area contributed by atoms with E-state index in [0.29, 0.717) is 19.8 Å². The van der Waals surface area contributed by atoms with Gasteiger partial charge in [-0.05, 0) is 34.1 Å². The van der Waals surface area contributed by atoms with Gasteiger partial charge >= 0.3 is 7.12 Å². The van der Waals surface area contributed by atoms with Crippen molar-refractivity contribution in [3.8, 4) is 0 Å². The van der Waals surface area contributed by atoms with Gasteiger partial charge in [0.15, 0.2) is 0 Å². The molecule has 20 heavy (non-hydrogen) atoms. The van der Waals surface area contributed by atoms with Gasteiger partial charge in [0, 0.05) is 17.0 Å². The van der Waals surface area contributed by atoms with Gasteiger partial charge in [-0.1, -0.05) is 6.07 Å². The van der Waals surface area contributed by atoms with E-state index < -0.39 is 0 Å². The van der Waals surface area contributed by atoms with Crippen LogP contribution in [0.15, 0.2) is 46.5 Å². The summed E-state index contributed by atoms with van der Waals surface area (Å²) in [5, 5.41) is 2.07. The fraction of sp³-hybridized carbons (Fsp3) is 0.286. The number of hydrogen-bond donors (Lipinski definition) is 1. The van der Waals surface area contributed by atoms with Crippen molar-refractivity contribution in [2.75, 3.05) is 19.8 Å². The van der Waals surface area contributed by atoms with Gasteiger partial charge in [-0.15, -0.1) is 11.3 Å². The molecule has 1 aromatic rings. The molecule has 0 unspecified atom stereocenters. The van der Waals surface area contributed by atoms with E-state index in [0.717, 1.165) is 16.6 Å². The largest absolute Gasteiger partial charge is 0.497 e. The third kappa shape index (κ3) is 1.80. The summed E-state index contributed by atoms with van der Waals surface area (Å²) in [6.07, 6.45) is 3.64. The Bertz CT molecular complexity index is 620.